The summed E-state index contributed by atoms with van der Waals surface area (Å²) in [7, 11) is 0. The first-order valence-electron chi connectivity index (χ1n) is 7.86. The third-order valence-corrected chi connectivity index (χ3v) is 4.40. The molecule has 130 valence electrons. The minimum absolute atomic E-state index is 0.114. The van der Waals surface area contributed by atoms with Crippen molar-refractivity contribution in [2.24, 2.45) is 11.8 Å². The van der Waals surface area contributed by atoms with E-state index in [1.165, 1.54) is 4.90 Å². The zero-order chi connectivity index (χ0) is 17.9. The van der Waals surface area contributed by atoms with Crippen LogP contribution in [0.1, 0.15) is 30.6 Å². The van der Waals surface area contributed by atoms with Crippen molar-refractivity contribution in [2.75, 3.05) is 13.1 Å². The highest BCUT2D eigenvalue weighted by Gasteiger charge is 2.33. The molecule has 1 aromatic rings. The van der Waals surface area contributed by atoms with E-state index in [1.807, 2.05) is 6.92 Å². The first-order valence-corrected chi connectivity index (χ1v) is 8.23. The molecule has 6 nitrogen and oxygen atoms in total. The molecule has 1 aromatic carbocycles. The van der Waals surface area contributed by atoms with Crippen LogP contribution in [0.25, 0.3) is 0 Å². The summed E-state index contributed by atoms with van der Waals surface area (Å²) in [6.07, 6.45) is 0.560. The predicted octanol–water partition coefficient (Wildman–Crippen LogP) is 2.03. The fourth-order valence-corrected chi connectivity index (χ4v) is 3.05. The van der Waals surface area contributed by atoms with E-state index in [-0.39, 0.29) is 24.3 Å². The van der Waals surface area contributed by atoms with Crippen molar-refractivity contribution in [3.8, 4) is 0 Å². The first kappa shape index (κ1) is 18.3. The van der Waals surface area contributed by atoms with Crippen molar-refractivity contribution in [1.82, 2.24) is 10.2 Å². The summed E-state index contributed by atoms with van der Waals surface area (Å²) < 4.78 is 0. The van der Waals surface area contributed by atoms with Gasteiger partial charge < -0.3 is 15.3 Å². The number of hydrogen-bond donors (Lipinski definition) is 2. The van der Waals surface area contributed by atoms with E-state index in [9.17, 15) is 19.5 Å². The Bertz CT molecular complexity index is 632. The lowest BCUT2D eigenvalue weighted by Crippen LogP contribution is -2.52. The zero-order valence-corrected chi connectivity index (χ0v) is 14.4. The number of aliphatic carboxylic acids is 1. The highest BCUT2D eigenvalue weighted by Crippen LogP contribution is 2.22. The van der Waals surface area contributed by atoms with Crippen LogP contribution in [0.4, 0.5) is 0 Å². The van der Waals surface area contributed by atoms with Crippen molar-refractivity contribution < 1.29 is 19.5 Å². The van der Waals surface area contributed by atoms with Gasteiger partial charge in [-0.15, -0.1) is 0 Å². The topological polar surface area (TPSA) is 86.7 Å². The molecule has 2 amide bonds. The Kier molecular flexibility index (Phi) is 5.83. The molecule has 0 saturated carbocycles. The molecule has 1 heterocycles. The number of piperidine rings is 1. The molecule has 1 saturated heterocycles. The lowest BCUT2D eigenvalue weighted by Gasteiger charge is -2.36. The molecule has 1 fully saturated rings. The summed E-state index contributed by atoms with van der Waals surface area (Å²) in [4.78, 5) is 37.4. The third-order valence-electron chi connectivity index (χ3n) is 4.15. The molecular weight excluding hydrogens is 332 g/mol. The van der Waals surface area contributed by atoms with Crippen molar-refractivity contribution in [3.05, 3.63) is 34.9 Å². The standard InChI is InChI=1S/C17H21ClN2O4/c1-10-7-13(17(23)24)9-20(8-10)16(22)11(2)19-15(21)12-3-5-14(18)6-4-12/h3-6,10-11,13H,7-9H2,1-2H3,(H,19,21)(H,23,24). The highest BCUT2D eigenvalue weighted by molar-refractivity contribution is 6.30. The number of nitrogens with zero attached hydrogens (tertiary/aromatic N) is 1. The second-order valence-corrected chi connectivity index (χ2v) is 6.76. The Labute approximate surface area is 145 Å². The number of nitrogens with one attached hydrogen (secondary N) is 1. The Hall–Kier alpha value is -2.08. The minimum Gasteiger partial charge on any atom is -0.481 e. The average Bonchev–Trinajstić information content (AvgIpc) is 2.53. The lowest BCUT2D eigenvalue weighted by atomic mass is 9.90. The third kappa shape index (κ3) is 4.47. The molecule has 0 radical (unpaired) electrons. The number of carboxylic acids is 1. The molecule has 0 spiro atoms. The molecule has 2 N–H and O–H groups in total. The molecular formula is C17H21ClN2O4. The molecule has 0 aromatic heterocycles. The monoisotopic (exact) mass is 352 g/mol. The Morgan fingerprint density at radius 3 is 2.46 bits per heavy atom. The zero-order valence-electron chi connectivity index (χ0n) is 13.7. The first-order chi connectivity index (χ1) is 11.3. The van der Waals surface area contributed by atoms with E-state index in [1.54, 1.807) is 31.2 Å². The van der Waals surface area contributed by atoms with Gasteiger partial charge in [-0.2, -0.15) is 0 Å². The lowest BCUT2D eigenvalue weighted by molar-refractivity contribution is -0.147. The molecule has 24 heavy (non-hydrogen) atoms. The maximum absolute atomic E-state index is 12.5. The summed E-state index contributed by atoms with van der Waals surface area (Å²) in [5.41, 5.74) is 0.412. The van der Waals surface area contributed by atoms with Crippen LogP contribution in [0, 0.1) is 11.8 Å². The van der Waals surface area contributed by atoms with Crippen LogP contribution in [0.2, 0.25) is 5.02 Å². The van der Waals surface area contributed by atoms with Gasteiger partial charge >= 0.3 is 5.97 Å². The number of likely N-dealkylation sites (tertiary alicyclic amines) is 1. The van der Waals surface area contributed by atoms with E-state index in [4.69, 9.17) is 11.6 Å². The quantitative estimate of drug-likeness (QED) is 0.868. The molecule has 1 aliphatic heterocycles. The number of rotatable bonds is 4. The van der Waals surface area contributed by atoms with Crippen molar-refractivity contribution >= 4 is 29.4 Å². The summed E-state index contributed by atoms with van der Waals surface area (Å²) in [6.45, 7) is 4.21. The van der Waals surface area contributed by atoms with Crippen LogP contribution in [0.15, 0.2) is 24.3 Å². The summed E-state index contributed by atoms with van der Waals surface area (Å²) >= 11 is 5.79. The van der Waals surface area contributed by atoms with Gasteiger partial charge in [0.1, 0.15) is 6.04 Å². The van der Waals surface area contributed by atoms with E-state index in [0.29, 0.717) is 23.6 Å². The number of benzene rings is 1. The van der Waals surface area contributed by atoms with Gasteiger partial charge in [-0.05, 0) is 43.5 Å². The number of hydrogen-bond acceptors (Lipinski definition) is 3. The van der Waals surface area contributed by atoms with Gasteiger partial charge in [0.15, 0.2) is 0 Å². The van der Waals surface area contributed by atoms with Crippen molar-refractivity contribution in [2.45, 2.75) is 26.3 Å². The van der Waals surface area contributed by atoms with E-state index < -0.39 is 17.9 Å². The van der Waals surface area contributed by atoms with Crippen LogP contribution in [-0.2, 0) is 9.59 Å². The number of amides is 2. The molecule has 2 rings (SSSR count). The van der Waals surface area contributed by atoms with Gasteiger partial charge in [-0.1, -0.05) is 18.5 Å². The van der Waals surface area contributed by atoms with Gasteiger partial charge in [-0.25, -0.2) is 0 Å². The molecule has 0 bridgehead atoms. The molecule has 1 aliphatic rings. The maximum Gasteiger partial charge on any atom is 0.308 e. The van der Waals surface area contributed by atoms with Crippen LogP contribution < -0.4 is 5.32 Å². The van der Waals surface area contributed by atoms with Gasteiger partial charge in [0.05, 0.1) is 5.92 Å². The van der Waals surface area contributed by atoms with E-state index in [0.717, 1.165) is 0 Å². The summed E-state index contributed by atoms with van der Waals surface area (Å²) in [5.74, 6) is -1.97. The smallest absolute Gasteiger partial charge is 0.308 e. The van der Waals surface area contributed by atoms with Gasteiger partial charge in [0.25, 0.3) is 5.91 Å². The predicted molar refractivity (Wildman–Crippen MR) is 89.9 cm³/mol. The largest absolute Gasteiger partial charge is 0.481 e. The van der Waals surface area contributed by atoms with Crippen LogP contribution in [0.3, 0.4) is 0 Å². The Morgan fingerprint density at radius 2 is 1.88 bits per heavy atom. The minimum atomic E-state index is -0.891. The number of halogens is 1. The summed E-state index contributed by atoms with van der Waals surface area (Å²) in [5, 5.41) is 12.4. The fraction of sp³-hybridized carbons (Fsp3) is 0.471. The Morgan fingerprint density at radius 1 is 1.25 bits per heavy atom. The van der Waals surface area contributed by atoms with Crippen LogP contribution in [0.5, 0.6) is 0 Å². The molecule has 3 atom stereocenters. The van der Waals surface area contributed by atoms with Crippen LogP contribution in [-0.4, -0.2) is 46.9 Å². The van der Waals surface area contributed by atoms with Crippen LogP contribution >= 0.6 is 11.6 Å². The van der Waals surface area contributed by atoms with Crippen molar-refractivity contribution in [1.29, 1.82) is 0 Å². The highest BCUT2D eigenvalue weighted by atomic mass is 35.5. The second kappa shape index (κ2) is 7.66. The average molecular weight is 353 g/mol. The number of carbonyl (C=O) groups excluding carboxylic acids is 2. The van der Waals surface area contributed by atoms with Gasteiger partial charge in [0, 0.05) is 23.7 Å². The Balaban J connectivity index is 1.99. The van der Waals surface area contributed by atoms with E-state index in [2.05, 4.69) is 5.32 Å². The maximum atomic E-state index is 12.5. The second-order valence-electron chi connectivity index (χ2n) is 6.32. The molecule has 3 unspecified atom stereocenters. The van der Waals surface area contributed by atoms with Gasteiger partial charge in [-0.3, -0.25) is 14.4 Å². The fourth-order valence-electron chi connectivity index (χ4n) is 2.93. The number of carbonyl (C=O) groups is 3. The summed E-state index contributed by atoms with van der Waals surface area (Å²) in [6, 6.07) is 5.64. The van der Waals surface area contributed by atoms with Crippen molar-refractivity contribution in [3.63, 3.8) is 0 Å². The number of carboxylic acid groups (broad SMARTS) is 1. The van der Waals surface area contributed by atoms with Gasteiger partial charge in [0.2, 0.25) is 5.91 Å². The SMILES string of the molecule is CC1CC(C(=O)O)CN(C(=O)C(C)NC(=O)c2ccc(Cl)cc2)C1. The van der Waals surface area contributed by atoms with E-state index >= 15 is 0 Å². The molecule has 7 heteroatoms. The molecule has 0 aliphatic carbocycles. The normalized spacial score (nSPS) is 21.9.